The van der Waals surface area contributed by atoms with Crippen LogP contribution in [-0.2, 0) is 17.3 Å². The lowest BCUT2D eigenvalue weighted by molar-refractivity contribution is -0.465. The maximum Gasteiger partial charge on any atom is 0.460 e. The van der Waals surface area contributed by atoms with Crippen molar-refractivity contribution in [2.24, 2.45) is 0 Å². The second-order valence-corrected chi connectivity index (χ2v) is 7.80. The van der Waals surface area contributed by atoms with Gasteiger partial charge in [0.05, 0.1) is 38.8 Å². The van der Waals surface area contributed by atoms with Gasteiger partial charge in [0.2, 0.25) is 0 Å². The number of rotatable bonds is 12. The number of halogens is 13. The van der Waals surface area contributed by atoms with Gasteiger partial charge in [-0.1, -0.05) is 0 Å². The van der Waals surface area contributed by atoms with Gasteiger partial charge < -0.3 is 4.74 Å². The summed E-state index contributed by atoms with van der Waals surface area (Å²) in [4.78, 5) is 0. The molecule has 0 aliphatic heterocycles. The lowest BCUT2D eigenvalue weighted by atomic mass is 9.97. The molecule has 0 aliphatic rings. The molecule has 0 saturated heterocycles. The van der Waals surface area contributed by atoms with Crippen molar-refractivity contribution < 1.29 is 74.4 Å². The Balaban J connectivity index is 5.61. The predicted molar refractivity (Wildman–Crippen MR) is 74.8 cm³/mol. The Morgan fingerprint density at radius 2 is 0.933 bits per heavy atom. The van der Waals surface area contributed by atoms with Gasteiger partial charge >= 0.3 is 36.0 Å². The van der Waals surface area contributed by atoms with E-state index in [-0.39, 0.29) is 0 Å². The summed E-state index contributed by atoms with van der Waals surface area (Å²) in [7, 11) is 0.214. The molecule has 0 saturated carbocycles. The van der Waals surface area contributed by atoms with E-state index in [2.05, 4.69) is 4.74 Å². The summed E-state index contributed by atoms with van der Waals surface area (Å²) >= 11 is 0. The molecule has 0 aliphatic carbocycles. The molecule has 0 fully saturated rings. The van der Waals surface area contributed by atoms with Crippen LogP contribution < -0.4 is 0 Å². The van der Waals surface area contributed by atoms with Gasteiger partial charge in [-0.15, -0.1) is 0 Å². The van der Waals surface area contributed by atoms with Gasteiger partial charge in [-0.05, 0) is 6.42 Å². The summed E-state index contributed by atoms with van der Waals surface area (Å²) < 4.78 is 185. The van der Waals surface area contributed by atoms with Gasteiger partial charge in [-0.2, -0.15) is 57.1 Å². The molecule has 0 bridgehead atoms. The van der Waals surface area contributed by atoms with E-state index in [4.69, 9.17) is 12.5 Å². The van der Waals surface area contributed by atoms with Crippen molar-refractivity contribution in [1.29, 1.82) is 0 Å². The van der Waals surface area contributed by atoms with Crippen molar-refractivity contribution >= 4 is 10.9 Å². The third-order valence-corrected chi connectivity index (χ3v) is 5.80. The lowest BCUT2D eigenvalue weighted by Gasteiger charge is -2.39. The first kappa shape index (κ1) is 29.3. The number of hydrogen-bond donors (Lipinski definition) is 0. The summed E-state index contributed by atoms with van der Waals surface area (Å²) in [5.41, 5.74) is 0. The third kappa shape index (κ3) is 4.86. The smallest absolute Gasteiger partial charge is 0.315 e. The van der Waals surface area contributed by atoms with Gasteiger partial charge in [-0.25, -0.2) is 0 Å². The van der Waals surface area contributed by atoms with Crippen LogP contribution in [0, 0.1) is 0 Å². The number of alkyl halides is 13. The molecule has 0 N–H and O–H groups in total. The fourth-order valence-corrected chi connectivity index (χ4v) is 3.12. The molecular weight excluding hydrogens is 487 g/mol. The molecule has 0 radical (unpaired) electrons. The summed E-state index contributed by atoms with van der Waals surface area (Å²) in [6.07, 6.45) is -14.8. The molecule has 0 unspecified atom stereocenters. The molecule has 0 aromatic carbocycles. The quantitative estimate of drug-likeness (QED) is 0.258. The minimum atomic E-state index is -7.96. The van der Waals surface area contributed by atoms with Gasteiger partial charge in [-0.3, -0.25) is 12.5 Å². The first-order valence-electron chi connectivity index (χ1n) is 7.21. The zero-order valence-corrected chi connectivity index (χ0v) is 15.9. The Hall–Kier alpha value is -0.720. The first-order chi connectivity index (χ1) is 13.1. The second-order valence-electron chi connectivity index (χ2n) is 5.28. The van der Waals surface area contributed by atoms with E-state index in [9.17, 15) is 57.1 Å². The molecule has 184 valence electrons. The van der Waals surface area contributed by atoms with Crippen LogP contribution in [-0.4, -0.2) is 69.7 Å². The Kier molecular flexibility index (Phi) is 8.81. The summed E-state index contributed by atoms with van der Waals surface area (Å²) in [6, 6.07) is 0. The number of hydrogen-bond acceptors (Lipinski definition) is 4. The summed E-state index contributed by atoms with van der Waals surface area (Å²) in [6.45, 7) is -1.58. The monoisotopic (exact) mass is 502 g/mol. The Morgan fingerprint density at radius 3 is 1.27 bits per heavy atom. The third-order valence-electron chi connectivity index (χ3n) is 3.49. The van der Waals surface area contributed by atoms with Gasteiger partial charge in [0.15, 0.2) is 0 Å². The zero-order valence-electron chi connectivity index (χ0n) is 15.1. The molecule has 0 atom stereocenters. The van der Waals surface area contributed by atoms with E-state index < -0.39 is 65.6 Å². The van der Waals surface area contributed by atoms with Crippen LogP contribution in [0.15, 0.2) is 0 Å². The van der Waals surface area contributed by atoms with Crippen LogP contribution in [0.5, 0.6) is 0 Å². The van der Waals surface area contributed by atoms with Crippen molar-refractivity contribution in [2.75, 3.05) is 33.7 Å². The van der Waals surface area contributed by atoms with Gasteiger partial charge in [0.25, 0.3) is 0 Å². The highest BCUT2D eigenvalue weighted by atomic mass is 32.3. The van der Waals surface area contributed by atoms with Gasteiger partial charge in [0, 0.05) is 5.75 Å². The molecular formula is C12H15F13O4S. The minimum Gasteiger partial charge on any atom is -0.315 e. The van der Waals surface area contributed by atoms with Crippen LogP contribution in [0.25, 0.3) is 0 Å². The van der Waals surface area contributed by atoms with E-state index in [0.29, 0.717) is 0 Å². The molecule has 0 heterocycles. The molecule has 0 aromatic rings. The molecule has 0 aromatic heterocycles. The van der Waals surface area contributed by atoms with Crippen molar-refractivity contribution in [1.82, 2.24) is 0 Å². The SMILES string of the molecule is COS(CCCOC(F)(F)C(F)(F)C(F)(F)C(F)(F)C(F)(F)C(F)(F)F)(OC)OC. The van der Waals surface area contributed by atoms with E-state index in [1.165, 1.54) is 0 Å². The van der Waals surface area contributed by atoms with Crippen molar-refractivity contribution in [3.8, 4) is 0 Å². The van der Waals surface area contributed by atoms with Crippen molar-refractivity contribution in [2.45, 2.75) is 42.4 Å². The standard InChI is InChI=1S/C12H15F13O4S/c1-26-30(27-2,28-3)6-4-5-29-12(24,25)10(19,20)8(15,16)7(13,14)9(17,18)11(21,22)23/h4-6H2,1-3H3. The fourth-order valence-electron chi connectivity index (χ4n) is 1.74. The summed E-state index contributed by atoms with van der Waals surface area (Å²) in [5.74, 6) is -31.6. The second kappa shape index (κ2) is 9.03. The Labute approximate surface area is 162 Å². The first-order valence-corrected chi connectivity index (χ1v) is 8.79. The Bertz CT molecular complexity index is 555. The molecule has 0 rings (SSSR count). The molecule has 0 spiro atoms. The van der Waals surface area contributed by atoms with E-state index in [1.54, 1.807) is 0 Å². The molecule has 30 heavy (non-hydrogen) atoms. The minimum absolute atomic E-state index is 0.489. The highest BCUT2D eigenvalue weighted by Crippen LogP contribution is 2.60. The Morgan fingerprint density at radius 1 is 0.567 bits per heavy atom. The van der Waals surface area contributed by atoms with Crippen LogP contribution in [0.1, 0.15) is 6.42 Å². The fraction of sp³-hybridized carbons (Fsp3) is 1.00. The largest absolute Gasteiger partial charge is 0.460 e. The summed E-state index contributed by atoms with van der Waals surface area (Å²) in [5, 5.41) is 0. The molecule has 18 heteroatoms. The highest BCUT2D eigenvalue weighted by molar-refractivity contribution is 8.21. The van der Waals surface area contributed by atoms with Crippen molar-refractivity contribution in [3.63, 3.8) is 0 Å². The zero-order chi connectivity index (χ0) is 24.4. The van der Waals surface area contributed by atoms with Crippen molar-refractivity contribution in [3.05, 3.63) is 0 Å². The maximum absolute atomic E-state index is 13.4. The molecule has 0 amide bonds. The average molecular weight is 502 g/mol. The van der Waals surface area contributed by atoms with Crippen LogP contribution >= 0.6 is 10.9 Å². The lowest BCUT2D eigenvalue weighted by Crippen LogP contribution is -2.70. The topological polar surface area (TPSA) is 36.9 Å². The molecule has 4 nitrogen and oxygen atoms in total. The van der Waals surface area contributed by atoms with Crippen LogP contribution in [0.3, 0.4) is 0 Å². The average Bonchev–Trinajstić information content (AvgIpc) is 2.60. The normalized spacial score (nSPS) is 16.1. The van der Waals surface area contributed by atoms with Gasteiger partial charge in [0.1, 0.15) is 0 Å². The highest BCUT2D eigenvalue weighted by Gasteiger charge is 2.91. The van der Waals surface area contributed by atoms with Crippen LogP contribution in [0.2, 0.25) is 0 Å². The van der Waals surface area contributed by atoms with E-state index in [0.717, 1.165) is 21.3 Å². The van der Waals surface area contributed by atoms with Crippen LogP contribution in [0.4, 0.5) is 57.1 Å². The van der Waals surface area contributed by atoms with E-state index in [1.807, 2.05) is 0 Å². The maximum atomic E-state index is 13.4. The van der Waals surface area contributed by atoms with E-state index >= 15 is 0 Å². The predicted octanol–water partition coefficient (Wildman–Crippen LogP) is 5.58. The number of ether oxygens (including phenoxy) is 1.